The van der Waals surface area contributed by atoms with Gasteiger partial charge in [0, 0.05) is 37.5 Å². The molecule has 0 aliphatic carbocycles. The van der Waals surface area contributed by atoms with E-state index in [-0.39, 0.29) is 11.9 Å². The molecular formula is C21H22N4O2. The summed E-state index contributed by atoms with van der Waals surface area (Å²) in [6.07, 6.45) is 1.75. The van der Waals surface area contributed by atoms with Gasteiger partial charge in [0.15, 0.2) is 0 Å². The fraction of sp³-hybridized carbons (Fsp3) is 0.286. The minimum Gasteiger partial charge on any atom is -0.378 e. The van der Waals surface area contributed by atoms with E-state index in [2.05, 4.69) is 10.1 Å². The number of benzene rings is 2. The van der Waals surface area contributed by atoms with Gasteiger partial charge < -0.3 is 14.3 Å². The summed E-state index contributed by atoms with van der Waals surface area (Å²) in [4.78, 5) is 21.5. The molecule has 3 aromatic rings. The first-order valence-electron chi connectivity index (χ1n) is 9.11. The lowest BCUT2D eigenvalue weighted by Crippen LogP contribution is -2.30. The number of carbonyl (C=O) groups is 1. The lowest BCUT2D eigenvalue weighted by molar-refractivity contribution is 0.0710. The van der Waals surface area contributed by atoms with Crippen LogP contribution in [0.5, 0.6) is 0 Å². The number of carbonyl (C=O) groups excluding carboxylic acids is 1. The lowest BCUT2D eigenvalue weighted by atomic mass is 10.1. The van der Waals surface area contributed by atoms with Crippen LogP contribution >= 0.6 is 0 Å². The molecule has 1 fully saturated rings. The summed E-state index contributed by atoms with van der Waals surface area (Å²) in [5, 5.41) is 4.10. The molecule has 0 radical (unpaired) electrons. The predicted molar refractivity (Wildman–Crippen MR) is 104 cm³/mol. The average molecular weight is 362 g/mol. The summed E-state index contributed by atoms with van der Waals surface area (Å²) >= 11 is 0. The fourth-order valence-corrected chi connectivity index (χ4v) is 3.42. The zero-order chi connectivity index (χ0) is 18.8. The van der Waals surface area contributed by atoms with Gasteiger partial charge in [-0.05, 0) is 31.0 Å². The van der Waals surface area contributed by atoms with E-state index in [1.54, 1.807) is 0 Å². The maximum absolute atomic E-state index is 13.1. The van der Waals surface area contributed by atoms with Gasteiger partial charge in [-0.3, -0.25) is 4.79 Å². The monoisotopic (exact) mass is 362 g/mol. The second-order valence-electron chi connectivity index (χ2n) is 6.92. The van der Waals surface area contributed by atoms with Crippen molar-refractivity contribution in [3.63, 3.8) is 0 Å². The van der Waals surface area contributed by atoms with Crippen LogP contribution in [0.25, 0.3) is 11.4 Å². The van der Waals surface area contributed by atoms with Crippen molar-refractivity contribution in [1.29, 1.82) is 0 Å². The Morgan fingerprint density at radius 3 is 2.74 bits per heavy atom. The highest BCUT2D eigenvalue weighted by molar-refractivity contribution is 5.95. The number of likely N-dealkylation sites (tertiary alicyclic amines) is 1. The maximum Gasteiger partial charge on any atom is 0.254 e. The third-order valence-electron chi connectivity index (χ3n) is 4.88. The van der Waals surface area contributed by atoms with Gasteiger partial charge >= 0.3 is 0 Å². The molecule has 1 aromatic heterocycles. The van der Waals surface area contributed by atoms with Crippen molar-refractivity contribution in [2.45, 2.75) is 18.9 Å². The molecule has 138 valence electrons. The van der Waals surface area contributed by atoms with Gasteiger partial charge in [-0.15, -0.1) is 0 Å². The van der Waals surface area contributed by atoms with Gasteiger partial charge in [0.25, 0.3) is 5.91 Å². The van der Waals surface area contributed by atoms with Gasteiger partial charge in [0.1, 0.15) is 6.04 Å². The lowest BCUT2D eigenvalue weighted by Gasteiger charge is -2.22. The van der Waals surface area contributed by atoms with Gasteiger partial charge in [0.2, 0.25) is 11.7 Å². The van der Waals surface area contributed by atoms with E-state index in [0.717, 1.165) is 24.1 Å². The third kappa shape index (κ3) is 3.43. The van der Waals surface area contributed by atoms with E-state index in [9.17, 15) is 4.79 Å². The molecule has 0 saturated carbocycles. The van der Waals surface area contributed by atoms with Crippen molar-refractivity contribution >= 4 is 11.6 Å². The molecule has 1 aliphatic rings. The van der Waals surface area contributed by atoms with Crippen LogP contribution in [0.15, 0.2) is 59.1 Å². The number of aromatic nitrogens is 2. The summed E-state index contributed by atoms with van der Waals surface area (Å²) in [5.41, 5.74) is 2.58. The van der Waals surface area contributed by atoms with Crippen molar-refractivity contribution < 1.29 is 9.32 Å². The highest BCUT2D eigenvalue weighted by Gasteiger charge is 2.34. The molecule has 27 heavy (non-hydrogen) atoms. The number of nitrogens with zero attached hydrogens (tertiary/aromatic N) is 4. The molecule has 6 heteroatoms. The summed E-state index contributed by atoms with van der Waals surface area (Å²) in [5.74, 6) is 1.06. The highest BCUT2D eigenvalue weighted by atomic mass is 16.5. The largest absolute Gasteiger partial charge is 0.378 e. The van der Waals surface area contributed by atoms with Crippen molar-refractivity contribution in [1.82, 2.24) is 15.0 Å². The zero-order valence-electron chi connectivity index (χ0n) is 15.5. The summed E-state index contributed by atoms with van der Waals surface area (Å²) < 4.78 is 5.52. The second-order valence-corrected chi connectivity index (χ2v) is 6.92. The minimum atomic E-state index is -0.175. The van der Waals surface area contributed by atoms with E-state index in [1.165, 1.54) is 0 Å². The summed E-state index contributed by atoms with van der Waals surface area (Å²) in [7, 11) is 3.93. The van der Waals surface area contributed by atoms with Gasteiger partial charge in [-0.1, -0.05) is 41.6 Å². The van der Waals surface area contributed by atoms with Gasteiger partial charge in [0.05, 0.1) is 0 Å². The Balaban J connectivity index is 1.58. The molecule has 1 atom stereocenters. The SMILES string of the molecule is CN(C)c1cccc(C(=O)N2CCC[C@H]2c2nc(-c3ccccc3)no2)c1. The summed E-state index contributed by atoms with van der Waals surface area (Å²) in [6, 6.07) is 17.2. The normalized spacial score (nSPS) is 16.5. The molecular weight excluding hydrogens is 340 g/mol. The Bertz CT molecular complexity index is 936. The quantitative estimate of drug-likeness (QED) is 0.707. The molecule has 1 saturated heterocycles. The highest BCUT2D eigenvalue weighted by Crippen LogP contribution is 2.33. The van der Waals surface area contributed by atoms with Gasteiger partial charge in [-0.2, -0.15) is 4.98 Å². The Kier molecular flexibility index (Phi) is 4.62. The number of hydrogen-bond donors (Lipinski definition) is 0. The van der Waals surface area contributed by atoms with Crippen molar-refractivity contribution in [2.75, 3.05) is 25.5 Å². The molecule has 0 unspecified atom stereocenters. The first kappa shape index (κ1) is 17.3. The minimum absolute atomic E-state index is 0.000612. The van der Waals surface area contributed by atoms with Crippen molar-refractivity contribution in [3.05, 3.63) is 66.1 Å². The van der Waals surface area contributed by atoms with E-state index < -0.39 is 0 Å². The maximum atomic E-state index is 13.1. The molecule has 0 bridgehead atoms. The first-order valence-corrected chi connectivity index (χ1v) is 9.11. The Morgan fingerprint density at radius 1 is 1.15 bits per heavy atom. The Morgan fingerprint density at radius 2 is 1.96 bits per heavy atom. The number of anilines is 1. The van der Waals surface area contributed by atoms with Crippen LogP contribution in [0.3, 0.4) is 0 Å². The van der Waals surface area contributed by atoms with Crippen molar-refractivity contribution in [2.24, 2.45) is 0 Å². The average Bonchev–Trinajstić information content (AvgIpc) is 3.37. The molecule has 0 N–H and O–H groups in total. The molecule has 2 heterocycles. The smallest absolute Gasteiger partial charge is 0.254 e. The molecule has 2 aromatic carbocycles. The number of amides is 1. The predicted octanol–water partition coefficient (Wildman–Crippen LogP) is 3.78. The molecule has 1 aliphatic heterocycles. The number of hydrogen-bond acceptors (Lipinski definition) is 5. The topological polar surface area (TPSA) is 62.5 Å². The number of rotatable bonds is 4. The molecule has 0 spiro atoms. The molecule has 6 nitrogen and oxygen atoms in total. The fourth-order valence-electron chi connectivity index (χ4n) is 3.42. The molecule has 1 amide bonds. The van der Waals surface area contributed by atoms with Crippen LogP contribution in [-0.4, -0.2) is 41.6 Å². The van der Waals surface area contributed by atoms with Crippen LogP contribution < -0.4 is 4.90 Å². The Hall–Kier alpha value is -3.15. The molecule has 4 rings (SSSR count). The van der Waals surface area contributed by atoms with Crippen molar-refractivity contribution in [3.8, 4) is 11.4 Å². The van der Waals surface area contributed by atoms with E-state index in [1.807, 2.05) is 78.5 Å². The standard InChI is InChI=1S/C21H22N4O2/c1-24(2)17-11-6-10-16(14-17)21(26)25-13-7-12-18(25)20-22-19(23-27-20)15-8-4-3-5-9-15/h3-6,8-11,14,18H,7,12-13H2,1-2H3/t18-/m0/s1. The van der Waals surface area contributed by atoms with Crippen LogP contribution in [0.4, 0.5) is 5.69 Å². The van der Waals surface area contributed by atoms with Crippen LogP contribution in [-0.2, 0) is 0 Å². The van der Waals surface area contributed by atoms with E-state index in [4.69, 9.17) is 4.52 Å². The van der Waals surface area contributed by atoms with E-state index in [0.29, 0.717) is 23.8 Å². The van der Waals surface area contributed by atoms with Crippen LogP contribution in [0, 0.1) is 0 Å². The second kappa shape index (κ2) is 7.23. The van der Waals surface area contributed by atoms with E-state index >= 15 is 0 Å². The third-order valence-corrected chi connectivity index (χ3v) is 4.88. The first-order chi connectivity index (χ1) is 13.1. The Labute approximate surface area is 158 Å². The van der Waals surface area contributed by atoms with Crippen LogP contribution in [0.2, 0.25) is 0 Å². The van der Waals surface area contributed by atoms with Crippen LogP contribution in [0.1, 0.15) is 35.1 Å². The summed E-state index contributed by atoms with van der Waals surface area (Å²) in [6.45, 7) is 0.693. The zero-order valence-corrected chi connectivity index (χ0v) is 15.5. The van der Waals surface area contributed by atoms with Gasteiger partial charge in [-0.25, -0.2) is 0 Å².